The highest BCUT2D eigenvalue weighted by Gasteiger charge is 2.20. The van der Waals surface area contributed by atoms with Gasteiger partial charge in [0.25, 0.3) is 5.69 Å². The van der Waals surface area contributed by atoms with Gasteiger partial charge < -0.3 is 15.0 Å². The summed E-state index contributed by atoms with van der Waals surface area (Å²) in [6.07, 6.45) is 0. The number of anilines is 2. The first-order valence-corrected chi connectivity index (χ1v) is 9.12. The molecular formula is C20H24N4O4. The number of nitrogens with zero attached hydrogens (tertiary/aromatic N) is 3. The summed E-state index contributed by atoms with van der Waals surface area (Å²) >= 11 is 0. The molecule has 1 aliphatic heterocycles. The van der Waals surface area contributed by atoms with E-state index in [-0.39, 0.29) is 11.6 Å². The SMILES string of the molecule is COc1cccc(N2CCN(CC(=O)Nc3ccc([N+](=O)[O-])cc3C)CC2)c1. The van der Waals surface area contributed by atoms with Crippen LogP contribution in [0.2, 0.25) is 0 Å². The van der Waals surface area contributed by atoms with E-state index in [2.05, 4.69) is 21.2 Å². The number of methoxy groups -OCH3 is 1. The van der Waals surface area contributed by atoms with Crippen LogP contribution in [0.3, 0.4) is 0 Å². The normalized spacial score (nSPS) is 14.6. The summed E-state index contributed by atoms with van der Waals surface area (Å²) in [5, 5.41) is 13.7. The number of hydrogen-bond acceptors (Lipinski definition) is 6. The summed E-state index contributed by atoms with van der Waals surface area (Å²) < 4.78 is 5.28. The van der Waals surface area contributed by atoms with Gasteiger partial charge in [-0.15, -0.1) is 0 Å². The molecule has 0 saturated carbocycles. The Labute approximate surface area is 163 Å². The van der Waals surface area contributed by atoms with Gasteiger partial charge in [-0.3, -0.25) is 19.8 Å². The van der Waals surface area contributed by atoms with Crippen LogP contribution < -0.4 is 15.0 Å². The summed E-state index contributed by atoms with van der Waals surface area (Å²) in [5.74, 6) is 0.713. The smallest absolute Gasteiger partial charge is 0.269 e. The van der Waals surface area contributed by atoms with Crippen molar-refractivity contribution in [2.45, 2.75) is 6.92 Å². The summed E-state index contributed by atoms with van der Waals surface area (Å²) in [6.45, 7) is 5.26. The Morgan fingerprint density at radius 2 is 1.93 bits per heavy atom. The fraction of sp³-hybridized carbons (Fsp3) is 0.350. The van der Waals surface area contributed by atoms with Crippen LogP contribution in [-0.2, 0) is 4.79 Å². The van der Waals surface area contributed by atoms with Gasteiger partial charge in [-0.2, -0.15) is 0 Å². The molecule has 0 aromatic heterocycles. The standard InChI is InChI=1S/C20H24N4O4/c1-15-12-17(24(26)27)6-7-19(15)21-20(25)14-22-8-10-23(11-9-22)16-4-3-5-18(13-16)28-2/h3-7,12-13H,8-11,14H2,1-2H3,(H,21,25). The van der Waals surface area contributed by atoms with Gasteiger partial charge in [0.2, 0.25) is 5.91 Å². The van der Waals surface area contributed by atoms with Crippen molar-refractivity contribution in [3.8, 4) is 5.75 Å². The highest BCUT2D eigenvalue weighted by atomic mass is 16.6. The molecule has 1 N–H and O–H groups in total. The maximum Gasteiger partial charge on any atom is 0.269 e. The molecule has 28 heavy (non-hydrogen) atoms. The molecule has 0 bridgehead atoms. The number of nitro groups is 1. The van der Waals surface area contributed by atoms with Gasteiger partial charge in [0, 0.05) is 55.8 Å². The molecule has 1 saturated heterocycles. The number of ether oxygens (including phenoxy) is 1. The Balaban J connectivity index is 1.52. The van der Waals surface area contributed by atoms with Crippen molar-refractivity contribution < 1.29 is 14.5 Å². The van der Waals surface area contributed by atoms with Gasteiger partial charge in [0.15, 0.2) is 0 Å². The molecule has 1 amide bonds. The summed E-state index contributed by atoms with van der Waals surface area (Å²) in [5.41, 5.74) is 2.41. The topological polar surface area (TPSA) is 88.0 Å². The van der Waals surface area contributed by atoms with Crippen LogP contribution >= 0.6 is 0 Å². The maximum absolute atomic E-state index is 12.4. The van der Waals surface area contributed by atoms with E-state index in [1.807, 2.05) is 18.2 Å². The number of amides is 1. The number of nitro benzene ring substituents is 1. The second kappa shape index (κ2) is 8.71. The Morgan fingerprint density at radius 1 is 1.18 bits per heavy atom. The number of nitrogens with one attached hydrogen (secondary N) is 1. The van der Waals surface area contributed by atoms with Gasteiger partial charge >= 0.3 is 0 Å². The second-order valence-electron chi connectivity index (χ2n) is 6.77. The Hall–Kier alpha value is -3.13. The van der Waals surface area contributed by atoms with Gasteiger partial charge in [-0.05, 0) is 30.7 Å². The Kier molecular flexibility index (Phi) is 6.10. The molecule has 148 valence electrons. The fourth-order valence-electron chi connectivity index (χ4n) is 3.27. The molecule has 8 nitrogen and oxygen atoms in total. The first-order chi connectivity index (χ1) is 13.5. The first-order valence-electron chi connectivity index (χ1n) is 9.12. The molecule has 1 heterocycles. The van der Waals surface area contributed by atoms with Crippen LogP contribution in [0.1, 0.15) is 5.56 Å². The molecule has 2 aromatic carbocycles. The van der Waals surface area contributed by atoms with Crippen molar-refractivity contribution in [2.24, 2.45) is 0 Å². The van der Waals surface area contributed by atoms with E-state index in [9.17, 15) is 14.9 Å². The monoisotopic (exact) mass is 384 g/mol. The molecule has 8 heteroatoms. The molecule has 0 atom stereocenters. The summed E-state index contributed by atoms with van der Waals surface area (Å²) in [7, 11) is 1.66. The minimum absolute atomic E-state index is 0.0177. The van der Waals surface area contributed by atoms with Gasteiger partial charge in [-0.25, -0.2) is 0 Å². The minimum Gasteiger partial charge on any atom is -0.497 e. The Morgan fingerprint density at radius 3 is 2.57 bits per heavy atom. The van der Waals surface area contributed by atoms with Crippen molar-refractivity contribution in [2.75, 3.05) is 50.1 Å². The van der Waals surface area contributed by atoms with E-state index >= 15 is 0 Å². The third-order valence-corrected chi connectivity index (χ3v) is 4.85. The van der Waals surface area contributed by atoms with Crippen molar-refractivity contribution in [3.05, 3.63) is 58.1 Å². The molecule has 0 spiro atoms. The predicted molar refractivity (Wildman–Crippen MR) is 108 cm³/mol. The van der Waals surface area contributed by atoms with Crippen molar-refractivity contribution in [3.63, 3.8) is 0 Å². The van der Waals surface area contributed by atoms with Crippen LogP contribution in [-0.4, -0.2) is 55.6 Å². The number of carbonyl (C=O) groups is 1. The zero-order chi connectivity index (χ0) is 20.1. The predicted octanol–water partition coefficient (Wildman–Crippen LogP) is 2.67. The highest BCUT2D eigenvalue weighted by Crippen LogP contribution is 2.23. The lowest BCUT2D eigenvalue weighted by Crippen LogP contribution is -2.48. The molecule has 0 unspecified atom stereocenters. The second-order valence-corrected chi connectivity index (χ2v) is 6.77. The number of rotatable bonds is 6. The quantitative estimate of drug-likeness (QED) is 0.609. The zero-order valence-electron chi connectivity index (χ0n) is 16.1. The molecule has 2 aromatic rings. The summed E-state index contributed by atoms with van der Waals surface area (Å²) in [6, 6.07) is 12.4. The van der Waals surface area contributed by atoms with E-state index in [4.69, 9.17) is 4.74 Å². The summed E-state index contributed by atoms with van der Waals surface area (Å²) in [4.78, 5) is 27.1. The van der Waals surface area contributed by atoms with Crippen LogP contribution in [0.5, 0.6) is 5.75 Å². The van der Waals surface area contributed by atoms with Gasteiger partial charge in [-0.1, -0.05) is 6.07 Å². The molecule has 0 radical (unpaired) electrons. The van der Waals surface area contributed by atoms with Crippen LogP contribution in [0.25, 0.3) is 0 Å². The van der Waals surface area contributed by atoms with Gasteiger partial charge in [0.05, 0.1) is 18.6 Å². The van der Waals surface area contributed by atoms with Crippen LogP contribution in [0, 0.1) is 17.0 Å². The first kappa shape index (κ1) is 19.6. The average molecular weight is 384 g/mol. The number of hydrogen-bond donors (Lipinski definition) is 1. The molecule has 0 aliphatic carbocycles. The number of carbonyl (C=O) groups excluding carboxylic acids is 1. The number of piperazine rings is 1. The van der Waals surface area contributed by atoms with Gasteiger partial charge in [0.1, 0.15) is 5.75 Å². The van der Waals surface area contributed by atoms with Crippen LogP contribution in [0.15, 0.2) is 42.5 Å². The molecule has 3 rings (SSSR count). The van der Waals surface area contributed by atoms with E-state index in [1.165, 1.54) is 12.1 Å². The van der Waals surface area contributed by atoms with Crippen LogP contribution in [0.4, 0.5) is 17.1 Å². The largest absolute Gasteiger partial charge is 0.497 e. The lowest BCUT2D eigenvalue weighted by molar-refractivity contribution is -0.384. The third kappa shape index (κ3) is 4.77. The minimum atomic E-state index is -0.444. The molecule has 1 fully saturated rings. The van der Waals surface area contributed by atoms with E-state index in [1.54, 1.807) is 20.1 Å². The van der Waals surface area contributed by atoms with Crippen molar-refractivity contribution in [1.82, 2.24) is 4.90 Å². The number of non-ortho nitro benzene ring substituents is 1. The van der Waals surface area contributed by atoms with E-state index in [0.29, 0.717) is 17.8 Å². The lowest BCUT2D eigenvalue weighted by atomic mass is 10.2. The highest BCUT2D eigenvalue weighted by molar-refractivity contribution is 5.93. The van der Waals surface area contributed by atoms with Crippen molar-refractivity contribution in [1.29, 1.82) is 0 Å². The average Bonchev–Trinajstić information content (AvgIpc) is 2.70. The molecular weight excluding hydrogens is 360 g/mol. The van der Waals surface area contributed by atoms with Crippen molar-refractivity contribution >= 4 is 23.0 Å². The maximum atomic E-state index is 12.4. The lowest BCUT2D eigenvalue weighted by Gasteiger charge is -2.35. The number of benzene rings is 2. The Bertz CT molecular complexity index is 863. The third-order valence-electron chi connectivity index (χ3n) is 4.85. The number of aryl methyl sites for hydroxylation is 1. The molecule has 1 aliphatic rings. The fourth-order valence-corrected chi connectivity index (χ4v) is 3.27. The zero-order valence-corrected chi connectivity index (χ0v) is 16.1. The van der Waals surface area contributed by atoms with E-state index < -0.39 is 4.92 Å². The van der Waals surface area contributed by atoms with E-state index in [0.717, 1.165) is 37.6 Å².